The van der Waals surface area contributed by atoms with Gasteiger partial charge in [-0.1, -0.05) is 55.8 Å². The van der Waals surface area contributed by atoms with Gasteiger partial charge in [0.2, 0.25) is 9.84 Å². The highest BCUT2D eigenvalue weighted by Crippen LogP contribution is 2.45. The van der Waals surface area contributed by atoms with E-state index in [4.69, 9.17) is 4.74 Å². The molecule has 1 aliphatic heterocycles. The van der Waals surface area contributed by atoms with Gasteiger partial charge in [-0.3, -0.25) is 9.69 Å². The number of nitrogens with zero attached hydrogens (tertiary/aromatic N) is 1. The lowest BCUT2D eigenvalue weighted by atomic mass is 10.0. The number of aryl methyl sites for hydroxylation is 1. The number of rotatable bonds is 6. The lowest BCUT2D eigenvalue weighted by molar-refractivity contribution is -0.117. The second-order valence-corrected chi connectivity index (χ2v) is 10.5. The summed E-state index contributed by atoms with van der Waals surface area (Å²) in [5.74, 6) is -0.639. The Morgan fingerprint density at radius 1 is 0.912 bits per heavy atom. The highest BCUT2D eigenvalue weighted by atomic mass is 32.2. The number of methoxy groups -OCH3 is 1. The molecule has 1 aliphatic rings. The Kier molecular flexibility index (Phi) is 6.23. The van der Waals surface area contributed by atoms with Crippen LogP contribution in [0.2, 0.25) is 0 Å². The molecular formula is C27H27NO5S. The molecule has 0 bridgehead atoms. The summed E-state index contributed by atoms with van der Waals surface area (Å²) in [6, 6.07) is 19.5. The largest absolute Gasteiger partial charge is 0.502 e. The second kappa shape index (κ2) is 8.99. The van der Waals surface area contributed by atoms with Crippen molar-refractivity contribution in [2.45, 2.75) is 37.6 Å². The minimum absolute atomic E-state index is 0.0166. The molecule has 3 aromatic rings. The molecule has 0 saturated heterocycles. The number of carbonyl (C=O) groups is 1. The maximum absolute atomic E-state index is 13.7. The molecule has 0 fully saturated rings. The van der Waals surface area contributed by atoms with Crippen LogP contribution in [-0.2, 0) is 14.6 Å². The van der Waals surface area contributed by atoms with Crippen molar-refractivity contribution in [3.8, 4) is 5.75 Å². The molecule has 34 heavy (non-hydrogen) atoms. The zero-order valence-electron chi connectivity index (χ0n) is 19.5. The number of ether oxygens (including phenoxy) is 1. The van der Waals surface area contributed by atoms with Crippen molar-refractivity contribution < 1.29 is 23.1 Å². The Balaban J connectivity index is 1.89. The first-order chi connectivity index (χ1) is 16.1. The third-order valence-electron chi connectivity index (χ3n) is 6.05. The fourth-order valence-electron chi connectivity index (χ4n) is 4.07. The van der Waals surface area contributed by atoms with E-state index in [1.807, 2.05) is 19.1 Å². The normalized spacial score (nSPS) is 16.4. The molecule has 1 N–H and O–H groups in total. The molecule has 1 atom stereocenters. The van der Waals surface area contributed by atoms with Gasteiger partial charge in [0.1, 0.15) is 16.7 Å². The molecule has 4 rings (SSSR count). The maximum Gasteiger partial charge on any atom is 0.295 e. The first-order valence-electron chi connectivity index (χ1n) is 11.0. The molecule has 1 amide bonds. The van der Waals surface area contributed by atoms with Gasteiger partial charge in [0.05, 0.1) is 12.0 Å². The third kappa shape index (κ3) is 4.07. The number of carbonyl (C=O) groups excluding carboxylic acids is 1. The Labute approximate surface area is 200 Å². The molecule has 0 aromatic heterocycles. The minimum Gasteiger partial charge on any atom is -0.502 e. The summed E-state index contributed by atoms with van der Waals surface area (Å²) in [7, 11) is -2.64. The van der Waals surface area contributed by atoms with Gasteiger partial charge in [0.25, 0.3) is 5.91 Å². The lowest BCUT2D eigenvalue weighted by Crippen LogP contribution is -2.31. The Bertz CT molecular complexity index is 1340. The fourth-order valence-corrected chi connectivity index (χ4v) is 5.70. The van der Waals surface area contributed by atoms with E-state index >= 15 is 0 Å². The monoisotopic (exact) mass is 477 g/mol. The van der Waals surface area contributed by atoms with Gasteiger partial charge in [-0.2, -0.15) is 0 Å². The van der Waals surface area contributed by atoms with Crippen LogP contribution in [0.3, 0.4) is 0 Å². The van der Waals surface area contributed by atoms with Crippen molar-refractivity contribution in [3.05, 3.63) is 100 Å². The highest BCUT2D eigenvalue weighted by Gasteiger charge is 2.47. The number of hydrogen-bond acceptors (Lipinski definition) is 5. The van der Waals surface area contributed by atoms with Gasteiger partial charge in [0.15, 0.2) is 5.76 Å². The molecule has 0 saturated carbocycles. The summed E-state index contributed by atoms with van der Waals surface area (Å²) in [6.45, 7) is 5.99. The van der Waals surface area contributed by atoms with Crippen molar-refractivity contribution in [2.75, 3.05) is 12.0 Å². The molecule has 0 spiro atoms. The predicted molar refractivity (Wildman–Crippen MR) is 132 cm³/mol. The molecule has 1 heterocycles. The Morgan fingerprint density at radius 3 is 2.03 bits per heavy atom. The number of aliphatic hydroxyl groups excluding tert-OH is 1. The van der Waals surface area contributed by atoms with E-state index in [9.17, 15) is 18.3 Å². The number of hydrogen-bond donors (Lipinski definition) is 1. The standard InChI is InChI=1S/C27H27NO5S/c1-17(2)19-7-11-21(12-8-19)28-24(20-9-13-22(33-4)14-10-20)26(25(29)27(28)30)34(31,32)23-15-5-18(3)6-16-23/h5-17,24,29H,1-4H3. The quantitative estimate of drug-likeness (QED) is 0.510. The molecule has 6 nitrogen and oxygen atoms in total. The van der Waals surface area contributed by atoms with E-state index in [0.29, 0.717) is 22.9 Å². The number of benzene rings is 3. The van der Waals surface area contributed by atoms with Crippen molar-refractivity contribution >= 4 is 21.4 Å². The summed E-state index contributed by atoms with van der Waals surface area (Å²) in [5, 5.41) is 10.9. The predicted octanol–water partition coefficient (Wildman–Crippen LogP) is 5.46. The molecule has 1 unspecified atom stereocenters. The Hall–Kier alpha value is -3.58. The number of aliphatic hydroxyl groups is 1. The number of anilines is 1. The molecule has 176 valence electrons. The van der Waals surface area contributed by atoms with Crippen LogP contribution in [0.15, 0.2) is 88.4 Å². The lowest BCUT2D eigenvalue weighted by Gasteiger charge is -2.27. The molecule has 3 aromatic carbocycles. The van der Waals surface area contributed by atoms with E-state index in [1.165, 1.54) is 24.1 Å². The van der Waals surface area contributed by atoms with Crippen LogP contribution >= 0.6 is 0 Å². The summed E-state index contributed by atoms with van der Waals surface area (Å²) >= 11 is 0. The van der Waals surface area contributed by atoms with Gasteiger partial charge in [-0.05, 0) is 60.4 Å². The van der Waals surface area contributed by atoms with Crippen LogP contribution in [0, 0.1) is 6.92 Å². The van der Waals surface area contributed by atoms with E-state index in [0.717, 1.165) is 11.1 Å². The summed E-state index contributed by atoms with van der Waals surface area (Å²) < 4.78 is 32.7. The second-order valence-electron chi connectivity index (χ2n) is 8.63. The highest BCUT2D eigenvalue weighted by molar-refractivity contribution is 7.95. The average Bonchev–Trinajstić information content (AvgIpc) is 3.10. The first kappa shape index (κ1) is 23.6. The molecule has 0 radical (unpaired) electrons. The summed E-state index contributed by atoms with van der Waals surface area (Å²) in [5.41, 5.74) is 3.02. The topological polar surface area (TPSA) is 83.9 Å². The van der Waals surface area contributed by atoms with Crippen LogP contribution in [0.25, 0.3) is 0 Å². The van der Waals surface area contributed by atoms with Gasteiger partial charge in [-0.25, -0.2) is 8.42 Å². The fraction of sp³-hybridized carbons (Fsp3) is 0.222. The van der Waals surface area contributed by atoms with Gasteiger partial charge in [0, 0.05) is 5.69 Å². The van der Waals surface area contributed by atoms with Crippen molar-refractivity contribution in [1.82, 2.24) is 0 Å². The van der Waals surface area contributed by atoms with Crippen molar-refractivity contribution in [2.24, 2.45) is 0 Å². The average molecular weight is 478 g/mol. The molecule has 0 aliphatic carbocycles. The zero-order chi connectivity index (χ0) is 24.6. The SMILES string of the molecule is COc1ccc(C2C(S(=O)(=O)c3ccc(C)cc3)=C(O)C(=O)N2c2ccc(C(C)C)cc2)cc1. The van der Waals surface area contributed by atoms with Crippen LogP contribution in [0.5, 0.6) is 5.75 Å². The van der Waals surface area contributed by atoms with E-state index in [1.54, 1.807) is 48.5 Å². The van der Waals surface area contributed by atoms with Gasteiger partial charge in [-0.15, -0.1) is 0 Å². The van der Waals surface area contributed by atoms with Crippen LogP contribution in [0.1, 0.15) is 42.5 Å². The van der Waals surface area contributed by atoms with Crippen LogP contribution < -0.4 is 9.64 Å². The molecular weight excluding hydrogens is 450 g/mol. The molecule has 7 heteroatoms. The van der Waals surface area contributed by atoms with E-state index < -0.39 is 27.5 Å². The first-order valence-corrected chi connectivity index (χ1v) is 12.5. The number of amides is 1. The van der Waals surface area contributed by atoms with Crippen molar-refractivity contribution in [1.29, 1.82) is 0 Å². The van der Waals surface area contributed by atoms with Gasteiger partial charge < -0.3 is 9.84 Å². The Morgan fingerprint density at radius 2 is 1.50 bits per heavy atom. The van der Waals surface area contributed by atoms with Crippen molar-refractivity contribution in [3.63, 3.8) is 0 Å². The third-order valence-corrected chi connectivity index (χ3v) is 7.94. The van der Waals surface area contributed by atoms with E-state index in [-0.39, 0.29) is 9.80 Å². The minimum atomic E-state index is -4.18. The zero-order valence-corrected chi connectivity index (χ0v) is 20.3. The van der Waals surface area contributed by atoms with Crippen LogP contribution in [-0.4, -0.2) is 26.5 Å². The smallest absolute Gasteiger partial charge is 0.295 e. The van der Waals surface area contributed by atoms with Crippen LogP contribution in [0.4, 0.5) is 5.69 Å². The summed E-state index contributed by atoms with van der Waals surface area (Å²) in [6.07, 6.45) is 0. The maximum atomic E-state index is 13.7. The van der Waals surface area contributed by atoms with E-state index in [2.05, 4.69) is 13.8 Å². The van der Waals surface area contributed by atoms with Gasteiger partial charge >= 0.3 is 0 Å². The number of sulfone groups is 1. The summed E-state index contributed by atoms with van der Waals surface area (Å²) in [4.78, 5) is 14.3.